The highest BCUT2D eigenvalue weighted by Crippen LogP contribution is 2.29. The number of anilines is 1. The fraction of sp³-hybridized carbons (Fsp3) is 0.714. The molecule has 0 aromatic carbocycles. The lowest BCUT2D eigenvalue weighted by molar-refractivity contribution is 0.371. The zero-order valence-electron chi connectivity index (χ0n) is 12.4. The molecule has 1 aliphatic rings. The third-order valence-electron chi connectivity index (χ3n) is 4.02. The minimum absolute atomic E-state index is 0.0806. The van der Waals surface area contributed by atoms with Crippen molar-refractivity contribution in [2.24, 2.45) is 7.05 Å². The maximum absolute atomic E-state index is 12.0. The first-order valence-electron chi connectivity index (χ1n) is 7.28. The average molecular weight is 343 g/mol. The third-order valence-corrected chi connectivity index (χ3v) is 4.77. The lowest BCUT2D eigenvalue weighted by Crippen LogP contribution is -2.51. The minimum Gasteiger partial charge on any atom is -0.365 e. The van der Waals surface area contributed by atoms with E-state index in [1.807, 2.05) is 0 Å². The van der Waals surface area contributed by atoms with Gasteiger partial charge in [-0.3, -0.25) is 4.79 Å². The third kappa shape index (κ3) is 3.06. The molecular weight excluding hydrogens is 320 g/mol. The molecule has 0 spiro atoms. The van der Waals surface area contributed by atoms with Crippen molar-refractivity contribution in [3.63, 3.8) is 0 Å². The Bertz CT molecular complexity index is 516. The monoisotopic (exact) mass is 342 g/mol. The van der Waals surface area contributed by atoms with E-state index in [1.54, 1.807) is 13.2 Å². The van der Waals surface area contributed by atoms with Gasteiger partial charge in [0.05, 0.1) is 11.9 Å². The van der Waals surface area contributed by atoms with Crippen LogP contribution in [0.4, 0.5) is 5.69 Å². The molecule has 2 heterocycles. The van der Waals surface area contributed by atoms with E-state index in [0.29, 0.717) is 16.6 Å². The van der Waals surface area contributed by atoms with Crippen LogP contribution in [0.5, 0.6) is 0 Å². The number of rotatable bonds is 4. The van der Waals surface area contributed by atoms with Gasteiger partial charge in [0, 0.05) is 25.7 Å². The van der Waals surface area contributed by atoms with E-state index in [9.17, 15) is 4.79 Å². The minimum atomic E-state index is -0.0806. The van der Waals surface area contributed by atoms with Crippen LogP contribution in [0.1, 0.15) is 33.1 Å². The molecule has 0 bridgehead atoms. The summed E-state index contributed by atoms with van der Waals surface area (Å²) >= 11 is 3.45. The van der Waals surface area contributed by atoms with Crippen molar-refractivity contribution >= 4 is 21.6 Å². The van der Waals surface area contributed by atoms with Crippen molar-refractivity contribution in [2.45, 2.75) is 45.2 Å². The number of aryl methyl sites for hydroxylation is 1. The molecule has 0 radical (unpaired) electrons. The predicted octanol–water partition coefficient (Wildman–Crippen LogP) is 1.90. The highest BCUT2D eigenvalue weighted by Gasteiger charge is 2.29. The lowest BCUT2D eigenvalue weighted by Gasteiger charge is -2.41. The number of likely N-dealkylation sites (N-methyl/N-ethyl adjacent to an activating group) is 1. The maximum Gasteiger partial charge on any atom is 0.282 e. The molecule has 1 aromatic heterocycles. The molecule has 1 N–H and O–H groups in total. The Hall–Kier alpha value is -0.880. The topological polar surface area (TPSA) is 50.2 Å². The van der Waals surface area contributed by atoms with Gasteiger partial charge in [0.15, 0.2) is 0 Å². The molecule has 6 heteroatoms. The molecule has 1 aliphatic heterocycles. The molecule has 1 fully saturated rings. The zero-order chi connectivity index (χ0) is 14.7. The van der Waals surface area contributed by atoms with E-state index in [-0.39, 0.29) is 5.56 Å². The second-order valence-corrected chi connectivity index (χ2v) is 6.17. The van der Waals surface area contributed by atoms with E-state index < -0.39 is 0 Å². The molecule has 2 atom stereocenters. The molecular formula is C14H23BrN4O. The molecule has 1 saturated heterocycles. The molecule has 2 unspecified atom stereocenters. The number of aromatic nitrogens is 2. The van der Waals surface area contributed by atoms with Gasteiger partial charge in [0.2, 0.25) is 0 Å². The van der Waals surface area contributed by atoms with Crippen molar-refractivity contribution in [3.05, 3.63) is 21.0 Å². The second-order valence-electron chi connectivity index (χ2n) is 5.38. The number of piperidine rings is 1. The molecule has 5 nitrogen and oxygen atoms in total. The Kier molecular flexibility index (Phi) is 5.21. The van der Waals surface area contributed by atoms with Crippen LogP contribution in [0, 0.1) is 0 Å². The van der Waals surface area contributed by atoms with Gasteiger partial charge in [-0.25, -0.2) is 4.68 Å². The summed E-state index contributed by atoms with van der Waals surface area (Å²) in [5.74, 6) is 0. The maximum atomic E-state index is 12.0. The Morgan fingerprint density at radius 1 is 1.55 bits per heavy atom. The van der Waals surface area contributed by atoms with Crippen LogP contribution >= 0.6 is 15.9 Å². The van der Waals surface area contributed by atoms with Crippen LogP contribution in [-0.2, 0) is 7.05 Å². The van der Waals surface area contributed by atoms with Crippen LogP contribution in [0.25, 0.3) is 0 Å². The van der Waals surface area contributed by atoms with Gasteiger partial charge in [-0.05, 0) is 48.7 Å². The number of halogens is 1. The summed E-state index contributed by atoms with van der Waals surface area (Å²) in [7, 11) is 1.67. The number of nitrogens with zero attached hydrogens (tertiary/aromatic N) is 3. The summed E-state index contributed by atoms with van der Waals surface area (Å²) in [4.78, 5) is 14.4. The predicted molar refractivity (Wildman–Crippen MR) is 85.3 cm³/mol. The first-order chi connectivity index (χ1) is 9.56. The van der Waals surface area contributed by atoms with E-state index in [2.05, 4.69) is 45.1 Å². The van der Waals surface area contributed by atoms with Gasteiger partial charge < -0.3 is 10.2 Å². The summed E-state index contributed by atoms with van der Waals surface area (Å²) in [6, 6.07) is 0.810. The SMILES string of the molecule is CCNC(C)C1CCCCN1c1cnn(C)c(=O)c1Br. The summed E-state index contributed by atoms with van der Waals surface area (Å²) in [6.45, 7) is 6.28. The van der Waals surface area contributed by atoms with Crippen LogP contribution in [0.2, 0.25) is 0 Å². The van der Waals surface area contributed by atoms with Gasteiger partial charge in [-0.15, -0.1) is 0 Å². The fourth-order valence-electron chi connectivity index (χ4n) is 2.94. The summed E-state index contributed by atoms with van der Waals surface area (Å²) < 4.78 is 1.98. The van der Waals surface area contributed by atoms with Crippen molar-refractivity contribution in [1.82, 2.24) is 15.1 Å². The van der Waals surface area contributed by atoms with Gasteiger partial charge in [0.1, 0.15) is 4.47 Å². The molecule has 2 rings (SSSR count). The van der Waals surface area contributed by atoms with Gasteiger partial charge in [-0.1, -0.05) is 6.92 Å². The Labute approximate surface area is 128 Å². The number of hydrogen-bond acceptors (Lipinski definition) is 4. The summed E-state index contributed by atoms with van der Waals surface area (Å²) in [6.07, 6.45) is 5.35. The molecule has 0 saturated carbocycles. The lowest BCUT2D eigenvalue weighted by atomic mass is 9.96. The van der Waals surface area contributed by atoms with E-state index in [1.165, 1.54) is 11.1 Å². The van der Waals surface area contributed by atoms with Gasteiger partial charge in [0.25, 0.3) is 5.56 Å². The molecule has 112 valence electrons. The molecule has 1 aromatic rings. The van der Waals surface area contributed by atoms with E-state index in [0.717, 1.165) is 31.6 Å². The van der Waals surface area contributed by atoms with E-state index in [4.69, 9.17) is 0 Å². The average Bonchev–Trinajstić information content (AvgIpc) is 2.45. The van der Waals surface area contributed by atoms with Gasteiger partial charge in [-0.2, -0.15) is 5.10 Å². The highest BCUT2D eigenvalue weighted by atomic mass is 79.9. The second kappa shape index (κ2) is 6.72. The van der Waals surface area contributed by atoms with Crippen LogP contribution in [0.15, 0.2) is 15.5 Å². The number of nitrogens with one attached hydrogen (secondary N) is 1. The van der Waals surface area contributed by atoms with E-state index >= 15 is 0 Å². The largest absolute Gasteiger partial charge is 0.365 e. The van der Waals surface area contributed by atoms with Crippen molar-refractivity contribution < 1.29 is 0 Å². The first kappa shape index (κ1) is 15.5. The van der Waals surface area contributed by atoms with Crippen molar-refractivity contribution in [1.29, 1.82) is 0 Å². The molecule has 0 aliphatic carbocycles. The first-order valence-corrected chi connectivity index (χ1v) is 8.07. The van der Waals surface area contributed by atoms with Crippen LogP contribution in [0.3, 0.4) is 0 Å². The Morgan fingerprint density at radius 3 is 3.00 bits per heavy atom. The molecule has 0 amide bonds. The Balaban J connectivity index is 2.33. The summed E-state index contributed by atoms with van der Waals surface area (Å²) in [5, 5.41) is 7.67. The summed E-state index contributed by atoms with van der Waals surface area (Å²) in [5.41, 5.74) is 0.838. The number of hydrogen-bond donors (Lipinski definition) is 1. The van der Waals surface area contributed by atoms with Crippen LogP contribution < -0.4 is 15.8 Å². The van der Waals surface area contributed by atoms with Gasteiger partial charge >= 0.3 is 0 Å². The van der Waals surface area contributed by atoms with Crippen molar-refractivity contribution in [2.75, 3.05) is 18.0 Å². The van der Waals surface area contributed by atoms with Crippen molar-refractivity contribution in [3.8, 4) is 0 Å². The Morgan fingerprint density at radius 2 is 2.30 bits per heavy atom. The van der Waals surface area contributed by atoms with Crippen LogP contribution in [-0.4, -0.2) is 35.0 Å². The fourth-order valence-corrected chi connectivity index (χ4v) is 3.52. The normalized spacial score (nSPS) is 21.0. The smallest absolute Gasteiger partial charge is 0.282 e. The standard InChI is InChI=1S/C14H23BrN4O/c1-4-16-10(2)11-7-5-6-8-19(11)12-9-17-18(3)14(20)13(12)15/h9-11,16H,4-8H2,1-3H3. The quantitative estimate of drug-likeness (QED) is 0.907. The zero-order valence-corrected chi connectivity index (χ0v) is 14.0. The molecule has 20 heavy (non-hydrogen) atoms. The highest BCUT2D eigenvalue weighted by molar-refractivity contribution is 9.10.